The Bertz CT molecular complexity index is 836. The third kappa shape index (κ3) is 3.27. The smallest absolute Gasteiger partial charge is 0.363 e. The minimum absolute atomic E-state index is 0.0700. The van der Waals surface area contributed by atoms with Crippen molar-refractivity contribution in [1.82, 2.24) is 0 Å². The van der Waals surface area contributed by atoms with E-state index < -0.39 is 11.8 Å². The Balaban J connectivity index is 1.97. The van der Waals surface area contributed by atoms with Crippen molar-refractivity contribution in [3.8, 4) is 11.5 Å². The molecule has 0 bridgehead atoms. The minimum Gasteiger partial charge on any atom is -0.497 e. The molecule has 3 rings (SSSR count). The highest BCUT2D eigenvalue weighted by atomic mass is 19.1. The van der Waals surface area contributed by atoms with E-state index in [1.165, 1.54) is 32.4 Å². The van der Waals surface area contributed by atoms with Crippen LogP contribution in [0.15, 0.2) is 53.2 Å². The van der Waals surface area contributed by atoms with Crippen LogP contribution in [0.1, 0.15) is 11.1 Å². The predicted octanol–water partition coefficient (Wildman–Crippen LogP) is 3.19. The number of carbonyl (C=O) groups is 1. The lowest BCUT2D eigenvalue weighted by Gasteiger charge is -2.05. The average Bonchev–Trinajstić information content (AvgIpc) is 2.95. The molecule has 5 nitrogen and oxygen atoms in total. The number of nitrogens with zero attached hydrogens (tertiary/aromatic N) is 1. The minimum atomic E-state index is -0.601. The molecule has 122 valence electrons. The van der Waals surface area contributed by atoms with Crippen LogP contribution in [-0.2, 0) is 9.53 Å². The lowest BCUT2D eigenvalue weighted by Crippen LogP contribution is -2.05. The zero-order valence-electron chi connectivity index (χ0n) is 13.1. The van der Waals surface area contributed by atoms with Crippen molar-refractivity contribution in [2.24, 2.45) is 4.99 Å². The molecule has 0 fully saturated rings. The third-order valence-corrected chi connectivity index (χ3v) is 3.37. The predicted molar refractivity (Wildman–Crippen MR) is 86.6 cm³/mol. The lowest BCUT2D eigenvalue weighted by atomic mass is 10.1. The number of carbonyl (C=O) groups excluding carboxylic acids is 1. The number of methoxy groups -OCH3 is 2. The van der Waals surface area contributed by atoms with Gasteiger partial charge in [0.15, 0.2) is 5.70 Å². The SMILES string of the molecule is COc1cc(/C=C2/N=C(c3cccc(F)c3)OC2=O)cc(OC)c1. The van der Waals surface area contributed by atoms with E-state index in [0.29, 0.717) is 22.6 Å². The molecular weight excluding hydrogens is 313 g/mol. The topological polar surface area (TPSA) is 57.1 Å². The van der Waals surface area contributed by atoms with Crippen LogP contribution >= 0.6 is 0 Å². The van der Waals surface area contributed by atoms with Crippen LogP contribution < -0.4 is 9.47 Å². The molecule has 24 heavy (non-hydrogen) atoms. The van der Waals surface area contributed by atoms with Crippen molar-refractivity contribution < 1.29 is 23.4 Å². The molecule has 6 heteroatoms. The molecule has 0 radical (unpaired) electrons. The molecule has 0 N–H and O–H groups in total. The van der Waals surface area contributed by atoms with Gasteiger partial charge in [0.2, 0.25) is 5.90 Å². The maximum atomic E-state index is 13.3. The summed E-state index contributed by atoms with van der Waals surface area (Å²) in [5, 5.41) is 0. The number of rotatable bonds is 4. The van der Waals surface area contributed by atoms with Crippen molar-refractivity contribution in [2.45, 2.75) is 0 Å². The van der Waals surface area contributed by atoms with Gasteiger partial charge in [0, 0.05) is 11.6 Å². The summed E-state index contributed by atoms with van der Waals surface area (Å²) in [7, 11) is 3.07. The third-order valence-electron chi connectivity index (χ3n) is 3.37. The van der Waals surface area contributed by atoms with E-state index in [4.69, 9.17) is 14.2 Å². The molecule has 1 aliphatic heterocycles. The van der Waals surface area contributed by atoms with Crippen molar-refractivity contribution in [1.29, 1.82) is 0 Å². The second kappa shape index (κ2) is 6.54. The van der Waals surface area contributed by atoms with Gasteiger partial charge in [-0.15, -0.1) is 0 Å². The first-order valence-electron chi connectivity index (χ1n) is 7.10. The number of esters is 1. The quantitative estimate of drug-likeness (QED) is 0.639. The highest BCUT2D eigenvalue weighted by molar-refractivity contribution is 6.12. The van der Waals surface area contributed by atoms with Crippen LogP contribution in [0.25, 0.3) is 6.08 Å². The molecule has 0 spiro atoms. The van der Waals surface area contributed by atoms with Gasteiger partial charge in [-0.05, 0) is 42.0 Å². The number of halogens is 1. The van der Waals surface area contributed by atoms with E-state index in [2.05, 4.69) is 4.99 Å². The summed E-state index contributed by atoms with van der Waals surface area (Å²) in [5.74, 6) is 0.210. The Morgan fingerprint density at radius 3 is 2.42 bits per heavy atom. The van der Waals surface area contributed by atoms with Crippen molar-refractivity contribution >= 4 is 17.9 Å². The number of hydrogen-bond acceptors (Lipinski definition) is 5. The molecule has 2 aromatic rings. The first kappa shape index (κ1) is 15.7. The van der Waals surface area contributed by atoms with Gasteiger partial charge in [0.05, 0.1) is 14.2 Å². The molecule has 0 atom stereocenters. The lowest BCUT2D eigenvalue weighted by molar-refractivity contribution is -0.129. The van der Waals surface area contributed by atoms with Gasteiger partial charge in [-0.25, -0.2) is 14.2 Å². The first-order valence-corrected chi connectivity index (χ1v) is 7.10. The summed E-state index contributed by atoms with van der Waals surface area (Å²) in [6, 6.07) is 10.9. The number of ether oxygens (including phenoxy) is 3. The van der Waals surface area contributed by atoms with E-state index in [0.717, 1.165) is 0 Å². The van der Waals surface area contributed by atoms with E-state index in [1.807, 2.05) is 0 Å². The summed E-state index contributed by atoms with van der Waals surface area (Å²) < 4.78 is 28.8. The molecule has 0 saturated heterocycles. The second-order valence-corrected chi connectivity index (χ2v) is 4.99. The first-order chi connectivity index (χ1) is 11.6. The number of hydrogen-bond donors (Lipinski definition) is 0. The summed E-state index contributed by atoms with van der Waals surface area (Å²) in [4.78, 5) is 16.1. The summed E-state index contributed by atoms with van der Waals surface area (Å²) >= 11 is 0. The summed E-state index contributed by atoms with van der Waals surface area (Å²) in [5.41, 5.74) is 1.18. The molecule has 0 unspecified atom stereocenters. The largest absolute Gasteiger partial charge is 0.497 e. The van der Waals surface area contributed by atoms with Crippen LogP contribution in [0, 0.1) is 5.82 Å². The van der Waals surface area contributed by atoms with Gasteiger partial charge < -0.3 is 14.2 Å². The second-order valence-electron chi connectivity index (χ2n) is 4.99. The van der Waals surface area contributed by atoms with Crippen molar-refractivity contribution in [2.75, 3.05) is 14.2 Å². The molecule has 0 aromatic heterocycles. The fraction of sp³-hybridized carbons (Fsp3) is 0.111. The normalized spacial score (nSPS) is 15.2. The Kier molecular flexibility index (Phi) is 4.29. The van der Waals surface area contributed by atoms with E-state index in [-0.39, 0.29) is 11.6 Å². The zero-order chi connectivity index (χ0) is 17.1. The average molecular weight is 327 g/mol. The van der Waals surface area contributed by atoms with Crippen molar-refractivity contribution in [3.05, 3.63) is 65.1 Å². The highest BCUT2D eigenvalue weighted by Gasteiger charge is 2.24. The van der Waals surface area contributed by atoms with E-state index in [1.54, 1.807) is 30.3 Å². The molecule has 1 aliphatic rings. The fourth-order valence-corrected chi connectivity index (χ4v) is 2.22. The Hall–Kier alpha value is -3.15. The van der Waals surface area contributed by atoms with Gasteiger partial charge in [0.1, 0.15) is 17.3 Å². The molecule has 0 saturated carbocycles. The molecule has 1 heterocycles. The monoisotopic (exact) mass is 327 g/mol. The number of cyclic esters (lactones) is 1. The van der Waals surface area contributed by atoms with E-state index in [9.17, 15) is 9.18 Å². The fourth-order valence-electron chi connectivity index (χ4n) is 2.22. The van der Waals surface area contributed by atoms with Gasteiger partial charge >= 0.3 is 5.97 Å². The molecule has 0 aliphatic carbocycles. The standard InChI is InChI=1S/C18H14FNO4/c1-22-14-6-11(7-15(10-14)23-2)8-16-18(21)24-17(20-16)12-4-3-5-13(19)9-12/h3-10H,1-2H3/b16-8+. The summed E-state index contributed by atoms with van der Waals surface area (Å²) in [6.07, 6.45) is 1.56. The van der Waals surface area contributed by atoms with Crippen LogP contribution in [0.3, 0.4) is 0 Å². The Morgan fingerprint density at radius 1 is 1.08 bits per heavy atom. The van der Waals surface area contributed by atoms with Gasteiger partial charge in [0.25, 0.3) is 0 Å². The van der Waals surface area contributed by atoms with Crippen LogP contribution in [0.5, 0.6) is 11.5 Å². The highest BCUT2D eigenvalue weighted by Crippen LogP contribution is 2.26. The van der Waals surface area contributed by atoms with Crippen molar-refractivity contribution in [3.63, 3.8) is 0 Å². The Labute approximate surface area is 138 Å². The van der Waals surface area contributed by atoms with E-state index >= 15 is 0 Å². The zero-order valence-corrected chi connectivity index (χ0v) is 13.1. The molecular formula is C18H14FNO4. The molecule has 0 amide bonds. The van der Waals surface area contributed by atoms with Crippen LogP contribution in [0.4, 0.5) is 4.39 Å². The van der Waals surface area contributed by atoms with Crippen LogP contribution in [0.2, 0.25) is 0 Å². The Morgan fingerprint density at radius 2 is 1.79 bits per heavy atom. The maximum Gasteiger partial charge on any atom is 0.363 e. The summed E-state index contributed by atoms with van der Waals surface area (Å²) in [6.45, 7) is 0. The maximum absolute atomic E-state index is 13.3. The number of benzene rings is 2. The molecule has 2 aromatic carbocycles. The van der Waals surface area contributed by atoms with Crippen LogP contribution in [-0.4, -0.2) is 26.1 Å². The van der Waals surface area contributed by atoms with Gasteiger partial charge in [-0.3, -0.25) is 0 Å². The number of aliphatic imine (C=N–C) groups is 1. The van der Waals surface area contributed by atoms with Gasteiger partial charge in [-0.1, -0.05) is 6.07 Å². The van der Waals surface area contributed by atoms with Gasteiger partial charge in [-0.2, -0.15) is 0 Å².